The number of halogens is 1. The summed E-state index contributed by atoms with van der Waals surface area (Å²) in [6.45, 7) is 2.96. The van der Waals surface area contributed by atoms with Crippen molar-refractivity contribution in [1.82, 2.24) is 5.32 Å². The second-order valence-corrected chi connectivity index (χ2v) is 3.45. The minimum atomic E-state index is 0.389. The number of hydrogen-bond donors (Lipinski definition) is 2. The summed E-state index contributed by atoms with van der Waals surface area (Å²) < 4.78 is 0. The van der Waals surface area contributed by atoms with Gasteiger partial charge in [0.15, 0.2) is 0 Å². The summed E-state index contributed by atoms with van der Waals surface area (Å²) in [7, 11) is 0. The first-order valence-electron chi connectivity index (χ1n) is 4.04. The molecule has 1 aromatic carbocycles. The third-order valence-corrected chi connectivity index (χ3v) is 2.40. The Bertz CT molecular complexity index is 299. The highest BCUT2D eigenvalue weighted by molar-refractivity contribution is 6.30. The Hall–Kier alpha value is -0.730. The van der Waals surface area contributed by atoms with Crippen LogP contribution in [0.25, 0.3) is 0 Å². The molecule has 2 N–H and O–H groups in total. The summed E-state index contributed by atoms with van der Waals surface area (Å²) in [4.78, 5) is 0. The van der Waals surface area contributed by atoms with Gasteiger partial charge in [0.2, 0.25) is 0 Å². The summed E-state index contributed by atoms with van der Waals surface area (Å²) in [5.74, 6) is 0. The van der Waals surface area contributed by atoms with E-state index in [1.165, 1.54) is 11.3 Å². The molecule has 2 nitrogen and oxygen atoms in total. The van der Waals surface area contributed by atoms with E-state index in [1.807, 2.05) is 18.2 Å². The normalized spacial score (nSPS) is 21.3. The molecule has 0 saturated heterocycles. The predicted molar refractivity (Wildman–Crippen MR) is 51.5 cm³/mol. The van der Waals surface area contributed by atoms with Crippen molar-refractivity contribution in [1.29, 1.82) is 0 Å². The summed E-state index contributed by atoms with van der Waals surface area (Å²) in [6, 6.07) is 6.32. The lowest BCUT2D eigenvalue weighted by atomic mass is 10.0. The highest BCUT2D eigenvalue weighted by Crippen LogP contribution is 2.28. The average molecular weight is 183 g/mol. The van der Waals surface area contributed by atoms with Gasteiger partial charge in [-0.1, -0.05) is 11.6 Å². The van der Waals surface area contributed by atoms with Gasteiger partial charge in [-0.2, -0.15) is 0 Å². The molecule has 2 rings (SSSR count). The molecular weight excluding hydrogens is 172 g/mol. The molecule has 0 amide bonds. The number of hydrogen-bond acceptors (Lipinski definition) is 2. The van der Waals surface area contributed by atoms with Gasteiger partial charge in [0.1, 0.15) is 0 Å². The zero-order chi connectivity index (χ0) is 8.55. The van der Waals surface area contributed by atoms with Gasteiger partial charge in [-0.3, -0.25) is 5.32 Å². The fourth-order valence-corrected chi connectivity index (χ4v) is 1.64. The van der Waals surface area contributed by atoms with Crippen molar-refractivity contribution in [2.45, 2.75) is 13.0 Å². The van der Waals surface area contributed by atoms with Crippen molar-refractivity contribution in [3.8, 4) is 0 Å². The van der Waals surface area contributed by atoms with Gasteiger partial charge in [-0.05, 0) is 30.7 Å². The van der Waals surface area contributed by atoms with Gasteiger partial charge < -0.3 is 5.32 Å². The standard InChI is InChI=1S/C9H11ClN2/c1-6-8-4-7(10)2-3-9(8)12-5-11-6/h2-4,6,11-12H,5H2,1H3. The van der Waals surface area contributed by atoms with E-state index < -0.39 is 0 Å². The molecule has 3 heteroatoms. The van der Waals surface area contributed by atoms with E-state index in [0.29, 0.717) is 6.04 Å². The van der Waals surface area contributed by atoms with E-state index in [1.54, 1.807) is 0 Å². The maximum atomic E-state index is 5.89. The molecule has 12 heavy (non-hydrogen) atoms. The lowest BCUT2D eigenvalue weighted by molar-refractivity contribution is 0.584. The topological polar surface area (TPSA) is 24.1 Å². The second kappa shape index (κ2) is 2.96. The average Bonchev–Trinajstić information content (AvgIpc) is 2.07. The number of fused-ring (bicyclic) bond motifs is 1. The highest BCUT2D eigenvalue weighted by Gasteiger charge is 2.14. The minimum Gasteiger partial charge on any atom is -0.372 e. The van der Waals surface area contributed by atoms with Crippen molar-refractivity contribution < 1.29 is 0 Å². The monoisotopic (exact) mass is 182 g/mol. The Morgan fingerprint density at radius 3 is 3.17 bits per heavy atom. The molecule has 1 atom stereocenters. The third kappa shape index (κ3) is 1.28. The lowest BCUT2D eigenvalue weighted by Gasteiger charge is -2.25. The van der Waals surface area contributed by atoms with Gasteiger partial charge in [0.05, 0.1) is 6.67 Å². The molecule has 1 aliphatic heterocycles. The van der Waals surface area contributed by atoms with Crippen LogP contribution in [0.1, 0.15) is 18.5 Å². The molecule has 1 aliphatic rings. The summed E-state index contributed by atoms with van der Waals surface area (Å²) in [5.41, 5.74) is 2.43. The third-order valence-electron chi connectivity index (χ3n) is 2.17. The van der Waals surface area contributed by atoms with Crippen LogP contribution in [0.15, 0.2) is 18.2 Å². The summed E-state index contributed by atoms with van der Waals surface area (Å²) >= 11 is 5.89. The molecule has 0 aliphatic carbocycles. The van der Waals surface area contributed by atoms with Crippen LogP contribution in [-0.4, -0.2) is 6.67 Å². The number of nitrogens with one attached hydrogen (secondary N) is 2. The molecule has 1 heterocycles. The number of rotatable bonds is 0. The molecular formula is C9H11ClN2. The summed E-state index contributed by atoms with van der Waals surface area (Å²) in [5, 5.41) is 7.34. The van der Waals surface area contributed by atoms with Crippen molar-refractivity contribution in [2.75, 3.05) is 12.0 Å². The van der Waals surface area contributed by atoms with E-state index >= 15 is 0 Å². The van der Waals surface area contributed by atoms with Crippen LogP contribution in [0.4, 0.5) is 5.69 Å². The fraction of sp³-hybridized carbons (Fsp3) is 0.333. The van der Waals surface area contributed by atoms with Crippen molar-refractivity contribution in [3.63, 3.8) is 0 Å². The van der Waals surface area contributed by atoms with Gasteiger partial charge in [0, 0.05) is 16.8 Å². The van der Waals surface area contributed by atoms with Crippen molar-refractivity contribution in [3.05, 3.63) is 28.8 Å². The van der Waals surface area contributed by atoms with E-state index in [4.69, 9.17) is 11.6 Å². The van der Waals surface area contributed by atoms with E-state index in [2.05, 4.69) is 17.6 Å². The van der Waals surface area contributed by atoms with Crippen LogP contribution in [0.2, 0.25) is 5.02 Å². The molecule has 0 fully saturated rings. The second-order valence-electron chi connectivity index (χ2n) is 3.01. The predicted octanol–water partition coefficient (Wildman–Crippen LogP) is 2.37. The Kier molecular flexibility index (Phi) is 1.95. The van der Waals surface area contributed by atoms with Gasteiger partial charge in [0.25, 0.3) is 0 Å². The highest BCUT2D eigenvalue weighted by atomic mass is 35.5. The Morgan fingerprint density at radius 1 is 1.50 bits per heavy atom. The number of benzene rings is 1. The zero-order valence-corrected chi connectivity index (χ0v) is 7.65. The first kappa shape index (κ1) is 7.90. The maximum absolute atomic E-state index is 5.89. The van der Waals surface area contributed by atoms with Crippen LogP contribution in [0.3, 0.4) is 0 Å². The minimum absolute atomic E-state index is 0.389. The van der Waals surface area contributed by atoms with E-state index in [9.17, 15) is 0 Å². The van der Waals surface area contributed by atoms with Crippen LogP contribution in [-0.2, 0) is 0 Å². The van der Waals surface area contributed by atoms with Crippen LogP contribution >= 0.6 is 11.6 Å². The zero-order valence-electron chi connectivity index (χ0n) is 6.89. The summed E-state index contributed by atoms with van der Waals surface area (Å²) in [6.07, 6.45) is 0. The molecule has 0 saturated carbocycles. The SMILES string of the molecule is CC1NCNc2ccc(Cl)cc21. The van der Waals surface area contributed by atoms with E-state index in [-0.39, 0.29) is 0 Å². The quantitative estimate of drug-likeness (QED) is 0.644. The fourth-order valence-electron chi connectivity index (χ4n) is 1.46. The molecule has 1 aromatic rings. The first-order chi connectivity index (χ1) is 5.77. The lowest BCUT2D eigenvalue weighted by Crippen LogP contribution is -2.30. The van der Waals surface area contributed by atoms with Crippen LogP contribution in [0.5, 0.6) is 0 Å². The Labute approximate surface area is 76.9 Å². The molecule has 64 valence electrons. The number of anilines is 1. The van der Waals surface area contributed by atoms with E-state index in [0.717, 1.165) is 11.7 Å². The van der Waals surface area contributed by atoms with Crippen LogP contribution < -0.4 is 10.6 Å². The van der Waals surface area contributed by atoms with Crippen molar-refractivity contribution in [2.24, 2.45) is 0 Å². The van der Waals surface area contributed by atoms with Crippen molar-refractivity contribution >= 4 is 17.3 Å². The molecule has 0 radical (unpaired) electrons. The van der Waals surface area contributed by atoms with Gasteiger partial charge in [-0.25, -0.2) is 0 Å². The van der Waals surface area contributed by atoms with Crippen LogP contribution in [0, 0.1) is 0 Å². The first-order valence-corrected chi connectivity index (χ1v) is 4.42. The molecule has 0 bridgehead atoms. The molecule has 0 aromatic heterocycles. The molecule has 1 unspecified atom stereocenters. The van der Waals surface area contributed by atoms with Gasteiger partial charge in [-0.15, -0.1) is 0 Å². The largest absolute Gasteiger partial charge is 0.372 e. The Morgan fingerprint density at radius 2 is 2.33 bits per heavy atom. The van der Waals surface area contributed by atoms with Gasteiger partial charge >= 0.3 is 0 Å². The molecule has 0 spiro atoms. The Balaban J connectivity index is 2.47. The maximum Gasteiger partial charge on any atom is 0.0657 e. The smallest absolute Gasteiger partial charge is 0.0657 e.